The van der Waals surface area contributed by atoms with Crippen molar-refractivity contribution in [1.82, 2.24) is 4.72 Å². The lowest BCUT2D eigenvalue weighted by molar-refractivity contribution is -0.135. The summed E-state index contributed by atoms with van der Waals surface area (Å²) in [6, 6.07) is 2.73. The van der Waals surface area contributed by atoms with Crippen molar-refractivity contribution in [3.8, 4) is 0 Å². The molecule has 0 atom stereocenters. The van der Waals surface area contributed by atoms with Gasteiger partial charge in [-0.3, -0.25) is 0 Å². The molecule has 1 N–H and O–H groups in total. The highest BCUT2D eigenvalue weighted by Gasteiger charge is 2.26. The molecule has 0 aromatic heterocycles. The molecular formula is C11H11BrCl2F3NO2S. The molecule has 0 aliphatic heterocycles. The zero-order chi connectivity index (χ0) is 16.3. The second-order valence-corrected chi connectivity index (χ2v) is 7.60. The van der Waals surface area contributed by atoms with Crippen LogP contribution in [0.25, 0.3) is 0 Å². The molecule has 0 unspecified atom stereocenters. The van der Waals surface area contributed by atoms with Gasteiger partial charge in [0.25, 0.3) is 0 Å². The van der Waals surface area contributed by atoms with Crippen LogP contribution in [-0.2, 0) is 10.0 Å². The van der Waals surface area contributed by atoms with Crippen LogP contribution < -0.4 is 4.72 Å². The van der Waals surface area contributed by atoms with Crippen molar-refractivity contribution < 1.29 is 21.6 Å². The Balaban J connectivity index is 2.67. The minimum Gasteiger partial charge on any atom is -0.211 e. The highest BCUT2D eigenvalue weighted by atomic mass is 79.9. The SMILES string of the molecule is O=S(=O)(NCCCCC(F)(F)F)c1c(Cl)cc(Br)cc1Cl. The van der Waals surface area contributed by atoms with Gasteiger partial charge in [0.15, 0.2) is 0 Å². The summed E-state index contributed by atoms with van der Waals surface area (Å²) in [4.78, 5) is -0.287. The summed E-state index contributed by atoms with van der Waals surface area (Å²) < 4.78 is 62.6. The molecule has 0 bridgehead atoms. The van der Waals surface area contributed by atoms with Crippen molar-refractivity contribution >= 4 is 49.2 Å². The van der Waals surface area contributed by atoms with Gasteiger partial charge < -0.3 is 0 Å². The molecule has 0 saturated carbocycles. The first-order chi connectivity index (χ1) is 9.53. The van der Waals surface area contributed by atoms with E-state index in [1.54, 1.807) is 0 Å². The Morgan fingerprint density at radius 3 is 2.14 bits per heavy atom. The predicted molar refractivity (Wildman–Crippen MR) is 79.3 cm³/mol. The van der Waals surface area contributed by atoms with Crippen molar-refractivity contribution in [3.63, 3.8) is 0 Å². The minimum absolute atomic E-state index is 0.0600. The maximum atomic E-state index is 12.0. The van der Waals surface area contributed by atoms with Gasteiger partial charge in [-0.2, -0.15) is 13.2 Å². The van der Waals surface area contributed by atoms with Gasteiger partial charge in [0.2, 0.25) is 10.0 Å². The van der Waals surface area contributed by atoms with Crippen molar-refractivity contribution in [2.45, 2.75) is 30.3 Å². The van der Waals surface area contributed by atoms with Crippen LogP contribution in [0.5, 0.6) is 0 Å². The highest BCUT2D eigenvalue weighted by molar-refractivity contribution is 9.10. The Kier molecular flexibility index (Phi) is 6.80. The molecule has 10 heteroatoms. The van der Waals surface area contributed by atoms with Crippen LogP contribution >= 0.6 is 39.1 Å². The molecule has 0 heterocycles. The fourth-order valence-corrected chi connectivity index (χ4v) is 4.52. The number of alkyl halides is 3. The molecule has 1 rings (SSSR count). The van der Waals surface area contributed by atoms with Gasteiger partial charge in [0.1, 0.15) is 4.90 Å². The normalized spacial score (nSPS) is 12.7. The minimum atomic E-state index is -4.24. The lowest BCUT2D eigenvalue weighted by atomic mass is 10.2. The summed E-state index contributed by atoms with van der Waals surface area (Å²) in [6.45, 7) is -0.124. The van der Waals surface area contributed by atoms with Crippen LogP contribution in [-0.4, -0.2) is 21.1 Å². The fraction of sp³-hybridized carbons (Fsp3) is 0.455. The number of nitrogens with one attached hydrogen (secondary N) is 1. The molecule has 0 spiro atoms. The average Bonchev–Trinajstić information content (AvgIpc) is 2.24. The zero-order valence-electron chi connectivity index (χ0n) is 10.5. The molecule has 120 valence electrons. The van der Waals surface area contributed by atoms with Crippen LogP contribution in [0, 0.1) is 0 Å². The number of halogens is 6. The molecule has 21 heavy (non-hydrogen) atoms. The van der Waals surface area contributed by atoms with Crippen molar-refractivity contribution in [1.29, 1.82) is 0 Å². The molecule has 0 radical (unpaired) electrons. The van der Waals surface area contributed by atoms with Crippen molar-refractivity contribution in [3.05, 3.63) is 26.7 Å². The van der Waals surface area contributed by atoms with E-state index < -0.39 is 22.6 Å². The summed E-state index contributed by atoms with van der Waals surface area (Å²) in [5, 5.41) is -0.144. The Morgan fingerprint density at radius 1 is 1.14 bits per heavy atom. The third kappa shape index (κ3) is 6.32. The largest absolute Gasteiger partial charge is 0.389 e. The number of unbranched alkanes of at least 4 members (excludes halogenated alkanes) is 1. The van der Waals surface area contributed by atoms with E-state index in [9.17, 15) is 21.6 Å². The van der Waals surface area contributed by atoms with E-state index in [0.717, 1.165) is 0 Å². The lowest BCUT2D eigenvalue weighted by Crippen LogP contribution is -2.25. The Hall–Kier alpha value is -0.0200. The Labute approximate surface area is 139 Å². The molecule has 0 aliphatic rings. The number of hydrogen-bond donors (Lipinski definition) is 1. The summed E-state index contributed by atoms with van der Waals surface area (Å²) in [6.07, 6.45) is -5.29. The molecule has 1 aromatic carbocycles. The first kappa shape index (κ1) is 19.0. The Bertz CT molecular complexity index is 585. The number of rotatable bonds is 6. The Morgan fingerprint density at radius 2 is 1.67 bits per heavy atom. The third-order valence-corrected chi connectivity index (χ3v) is 5.25. The zero-order valence-corrected chi connectivity index (χ0v) is 14.4. The van der Waals surface area contributed by atoms with Gasteiger partial charge in [-0.05, 0) is 25.0 Å². The van der Waals surface area contributed by atoms with E-state index in [4.69, 9.17) is 23.2 Å². The van der Waals surface area contributed by atoms with Gasteiger partial charge in [0, 0.05) is 17.4 Å². The topological polar surface area (TPSA) is 46.2 Å². The van der Waals surface area contributed by atoms with Gasteiger partial charge >= 0.3 is 6.18 Å². The van der Waals surface area contributed by atoms with E-state index in [-0.39, 0.29) is 34.3 Å². The van der Waals surface area contributed by atoms with Crippen molar-refractivity contribution in [2.75, 3.05) is 6.54 Å². The van der Waals surface area contributed by atoms with E-state index in [1.807, 2.05) is 0 Å². The van der Waals surface area contributed by atoms with Gasteiger partial charge in [-0.25, -0.2) is 13.1 Å². The average molecular weight is 429 g/mol. The van der Waals surface area contributed by atoms with Crippen LogP contribution in [0.4, 0.5) is 13.2 Å². The monoisotopic (exact) mass is 427 g/mol. The van der Waals surface area contributed by atoms with Crippen LogP contribution in [0.2, 0.25) is 10.0 Å². The molecule has 0 aliphatic carbocycles. The van der Waals surface area contributed by atoms with Gasteiger partial charge in [-0.15, -0.1) is 0 Å². The smallest absolute Gasteiger partial charge is 0.211 e. The van der Waals surface area contributed by atoms with E-state index in [0.29, 0.717) is 4.47 Å². The van der Waals surface area contributed by atoms with Crippen LogP contribution in [0.1, 0.15) is 19.3 Å². The molecule has 0 saturated heterocycles. The fourth-order valence-electron chi connectivity index (χ4n) is 1.51. The van der Waals surface area contributed by atoms with Gasteiger partial charge in [0.05, 0.1) is 10.0 Å². The second-order valence-electron chi connectivity index (χ2n) is 4.17. The maximum absolute atomic E-state index is 12.0. The molecular weight excluding hydrogens is 418 g/mol. The third-order valence-electron chi connectivity index (χ3n) is 2.41. The summed E-state index contributed by atoms with van der Waals surface area (Å²) >= 11 is 14.8. The first-order valence-corrected chi connectivity index (χ1v) is 8.77. The molecule has 3 nitrogen and oxygen atoms in total. The first-order valence-electron chi connectivity index (χ1n) is 5.74. The number of sulfonamides is 1. The second kappa shape index (κ2) is 7.50. The van der Waals surface area contributed by atoms with E-state index >= 15 is 0 Å². The van der Waals surface area contributed by atoms with Crippen LogP contribution in [0.15, 0.2) is 21.5 Å². The van der Waals surface area contributed by atoms with Gasteiger partial charge in [-0.1, -0.05) is 39.1 Å². The molecule has 0 amide bonds. The predicted octanol–water partition coefficient (Wildman–Crippen LogP) is 4.77. The standard InChI is InChI=1S/C11H11BrCl2F3NO2S/c12-7-5-8(13)10(9(14)6-7)21(19,20)18-4-2-1-3-11(15,16)17/h5-6,18H,1-4H2. The summed E-state index contributed by atoms with van der Waals surface area (Å²) in [5.74, 6) is 0. The molecule has 0 fully saturated rings. The maximum Gasteiger partial charge on any atom is 0.389 e. The highest BCUT2D eigenvalue weighted by Crippen LogP contribution is 2.32. The number of hydrogen-bond acceptors (Lipinski definition) is 2. The van der Waals surface area contributed by atoms with Crippen molar-refractivity contribution in [2.24, 2.45) is 0 Å². The van der Waals surface area contributed by atoms with E-state index in [2.05, 4.69) is 20.7 Å². The molecule has 1 aromatic rings. The number of benzene rings is 1. The van der Waals surface area contributed by atoms with E-state index in [1.165, 1.54) is 12.1 Å². The summed E-state index contributed by atoms with van der Waals surface area (Å²) in [7, 11) is -3.97. The lowest BCUT2D eigenvalue weighted by Gasteiger charge is -2.11. The summed E-state index contributed by atoms with van der Waals surface area (Å²) in [5.41, 5.74) is 0. The van der Waals surface area contributed by atoms with Crippen LogP contribution in [0.3, 0.4) is 0 Å². The quantitative estimate of drug-likeness (QED) is 0.663.